The SMILES string of the molecule is N#CC1(CN2C(=O)c3ccccc3C2=O)CCCN(c2nccc(Nc3cc(C4CC4)[nH]n3)n2)C1. The fourth-order valence-electron chi connectivity index (χ4n) is 4.95. The molecule has 1 saturated heterocycles. The molecule has 2 aromatic heterocycles. The van der Waals surface area contributed by atoms with E-state index in [1.165, 1.54) is 17.7 Å². The molecular weight excluding hydrogens is 444 g/mol. The summed E-state index contributed by atoms with van der Waals surface area (Å²) in [5.74, 6) is 1.70. The summed E-state index contributed by atoms with van der Waals surface area (Å²) in [5.41, 5.74) is 1.01. The van der Waals surface area contributed by atoms with Crippen LogP contribution in [-0.4, -0.2) is 56.5 Å². The van der Waals surface area contributed by atoms with E-state index in [-0.39, 0.29) is 18.4 Å². The molecule has 4 heterocycles. The number of carbonyl (C=O) groups is 2. The van der Waals surface area contributed by atoms with Gasteiger partial charge in [0, 0.05) is 43.5 Å². The monoisotopic (exact) mass is 468 g/mol. The van der Waals surface area contributed by atoms with Crippen molar-refractivity contribution in [1.29, 1.82) is 5.26 Å². The molecule has 2 N–H and O–H groups in total. The van der Waals surface area contributed by atoms with E-state index in [4.69, 9.17) is 0 Å². The Hall–Kier alpha value is -4.26. The number of nitrogens with one attached hydrogen (secondary N) is 2. The Kier molecular flexibility index (Phi) is 4.99. The van der Waals surface area contributed by atoms with Gasteiger partial charge in [0.2, 0.25) is 5.95 Å². The van der Waals surface area contributed by atoms with E-state index in [0.717, 1.165) is 12.1 Å². The fourth-order valence-corrected chi connectivity index (χ4v) is 4.95. The Bertz CT molecular complexity index is 1320. The number of benzene rings is 1. The van der Waals surface area contributed by atoms with Gasteiger partial charge >= 0.3 is 0 Å². The van der Waals surface area contributed by atoms with Crippen LogP contribution in [0.5, 0.6) is 0 Å². The zero-order chi connectivity index (χ0) is 24.0. The molecule has 35 heavy (non-hydrogen) atoms. The number of nitriles is 1. The minimum atomic E-state index is -0.903. The summed E-state index contributed by atoms with van der Waals surface area (Å²) in [4.78, 5) is 38.0. The third kappa shape index (κ3) is 3.89. The minimum absolute atomic E-state index is 0.0432. The number of aromatic amines is 1. The molecule has 0 spiro atoms. The molecule has 2 fully saturated rings. The van der Waals surface area contributed by atoms with Crippen LogP contribution >= 0.6 is 0 Å². The number of piperidine rings is 1. The number of rotatable bonds is 6. The first-order valence-corrected chi connectivity index (χ1v) is 11.8. The molecule has 10 nitrogen and oxygen atoms in total. The number of hydrogen-bond acceptors (Lipinski definition) is 8. The van der Waals surface area contributed by atoms with Crippen LogP contribution in [0.25, 0.3) is 0 Å². The Morgan fingerprint density at radius 3 is 2.63 bits per heavy atom. The van der Waals surface area contributed by atoms with Crippen molar-refractivity contribution in [3.05, 3.63) is 59.4 Å². The van der Waals surface area contributed by atoms with Gasteiger partial charge in [0.15, 0.2) is 5.82 Å². The quantitative estimate of drug-likeness (QED) is 0.527. The third-order valence-corrected chi connectivity index (χ3v) is 6.95. The van der Waals surface area contributed by atoms with Crippen molar-refractivity contribution in [2.75, 3.05) is 29.9 Å². The van der Waals surface area contributed by atoms with Crippen molar-refractivity contribution >= 4 is 29.4 Å². The first kappa shape index (κ1) is 21.3. The van der Waals surface area contributed by atoms with E-state index in [2.05, 4.69) is 31.6 Å². The van der Waals surface area contributed by atoms with Crippen molar-refractivity contribution < 1.29 is 9.59 Å². The number of carbonyl (C=O) groups excluding carboxylic acids is 2. The molecule has 1 atom stereocenters. The van der Waals surface area contributed by atoms with E-state index in [9.17, 15) is 14.9 Å². The smallest absolute Gasteiger partial charge is 0.261 e. The lowest BCUT2D eigenvalue weighted by atomic mass is 9.80. The van der Waals surface area contributed by atoms with Gasteiger partial charge < -0.3 is 10.2 Å². The molecule has 10 heteroatoms. The highest BCUT2D eigenvalue weighted by Crippen LogP contribution is 2.40. The van der Waals surface area contributed by atoms with Crippen LogP contribution in [0.1, 0.15) is 58.0 Å². The molecule has 2 amide bonds. The normalized spacial score (nSPS) is 21.7. The van der Waals surface area contributed by atoms with Gasteiger partial charge in [-0.2, -0.15) is 15.3 Å². The maximum atomic E-state index is 12.9. The van der Waals surface area contributed by atoms with E-state index < -0.39 is 5.41 Å². The Labute approximate surface area is 202 Å². The summed E-state index contributed by atoms with van der Waals surface area (Å²) in [5, 5.41) is 20.8. The number of H-pyrrole nitrogens is 1. The highest BCUT2D eigenvalue weighted by Gasteiger charge is 2.44. The molecule has 1 unspecified atom stereocenters. The molecule has 2 aliphatic heterocycles. The largest absolute Gasteiger partial charge is 0.339 e. The number of amides is 2. The Morgan fingerprint density at radius 2 is 1.91 bits per heavy atom. The second-order valence-electron chi connectivity index (χ2n) is 9.51. The lowest BCUT2D eigenvalue weighted by Crippen LogP contribution is -2.50. The number of aromatic nitrogens is 4. The minimum Gasteiger partial charge on any atom is -0.339 e. The highest BCUT2D eigenvalue weighted by atomic mass is 16.2. The third-order valence-electron chi connectivity index (χ3n) is 6.95. The van der Waals surface area contributed by atoms with E-state index in [1.807, 2.05) is 11.0 Å². The van der Waals surface area contributed by atoms with Gasteiger partial charge in [-0.25, -0.2) is 4.98 Å². The summed E-state index contributed by atoms with van der Waals surface area (Å²) >= 11 is 0. The summed E-state index contributed by atoms with van der Waals surface area (Å²) in [7, 11) is 0. The van der Waals surface area contributed by atoms with E-state index in [0.29, 0.717) is 54.1 Å². The van der Waals surface area contributed by atoms with Gasteiger partial charge in [-0.05, 0) is 43.9 Å². The summed E-state index contributed by atoms with van der Waals surface area (Å²) in [6, 6.07) is 13.0. The van der Waals surface area contributed by atoms with Crippen molar-refractivity contribution in [3.63, 3.8) is 0 Å². The molecular formula is C25H24N8O2. The first-order chi connectivity index (χ1) is 17.0. The molecule has 176 valence electrons. The molecule has 6 rings (SSSR count). The highest BCUT2D eigenvalue weighted by molar-refractivity contribution is 6.21. The van der Waals surface area contributed by atoms with Crippen LogP contribution in [0.4, 0.5) is 17.6 Å². The van der Waals surface area contributed by atoms with Crippen molar-refractivity contribution in [3.8, 4) is 6.07 Å². The average molecular weight is 469 g/mol. The lowest BCUT2D eigenvalue weighted by Gasteiger charge is -2.39. The van der Waals surface area contributed by atoms with Gasteiger partial charge in [-0.3, -0.25) is 19.6 Å². The van der Waals surface area contributed by atoms with Crippen molar-refractivity contribution in [1.82, 2.24) is 25.1 Å². The Morgan fingerprint density at radius 1 is 1.14 bits per heavy atom. The molecule has 1 saturated carbocycles. The standard InChI is InChI=1S/C25H24N8O2/c26-13-25(15-33-22(34)17-4-1-2-5-18(17)23(33)35)9-3-11-32(14-25)24-27-10-8-20(29-24)28-21-12-19(30-31-21)16-6-7-16/h1-2,4-5,8,10,12,16H,3,6-7,9,11,14-15H2,(H2,27,28,29,30,31). The van der Waals surface area contributed by atoms with E-state index in [1.54, 1.807) is 36.5 Å². The fraction of sp³-hybridized carbons (Fsp3) is 0.360. The lowest BCUT2D eigenvalue weighted by molar-refractivity contribution is 0.0592. The average Bonchev–Trinajstić information content (AvgIpc) is 3.60. The molecule has 3 aliphatic rings. The van der Waals surface area contributed by atoms with Crippen molar-refractivity contribution in [2.45, 2.75) is 31.6 Å². The predicted molar refractivity (Wildman–Crippen MR) is 127 cm³/mol. The first-order valence-electron chi connectivity index (χ1n) is 11.8. The van der Waals surface area contributed by atoms with Crippen LogP contribution in [0.3, 0.4) is 0 Å². The second-order valence-corrected chi connectivity index (χ2v) is 9.51. The number of hydrogen-bond donors (Lipinski definition) is 2. The molecule has 0 bridgehead atoms. The van der Waals surface area contributed by atoms with Crippen molar-refractivity contribution in [2.24, 2.45) is 5.41 Å². The molecule has 3 aromatic rings. The van der Waals surface area contributed by atoms with Crippen LogP contribution in [-0.2, 0) is 0 Å². The maximum absolute atomic E-state index is 12.9. The van der Waals surface area contributed by atoms with Gasteiger partial charge in [0.05, 0.1) is 22.6 Å². The van der Waals surface area contributed by atoms with Crippen LogP contribution < -0.4 is 10.2 Å². The van der Waals surface area contributed by atoms with Crippen LogP contribution in [0.15, 0.2) is 42.6 Å². The number of anilines is 3. The maximum Gasteiger partial charge on any atom is 0.261 e. The van der Waals surface area contributed by atoms with Gasteiger partial charge in [-0.1, -0.05) is 12.1 Å². The van der Waals surface area contributed by atoms with Gasteiger partial charge in [-0.15, -0.1) is 0 Å². The zero-order valence-electron chi connectivity index (χ0n) is 19.1. The summed E-state index contributed by atoms with van der Waals surface area (Å²) in [6.07, 6.45) is 5.36. The molecule has 1 aromatic carbocycles. The zero-order valence-corrected chi connectivity index (χ0v) is 19.1. The number of imide groups is 1. The number of nitrogens with zero attached hydrogens (tertiary/aromatic N) is 6. The molecule has 0 radical (unpaired) electrons. The topological polar surface area (TPSA) is 131 Å². The predicted octanol–water partition coefficient (Wildman–Crippen LogP) is 3.23. The Balaban J connectivity index is 1.19. The summed E-state index contributed by atoms with van der Waals surface area (Å²) < 4.78 is 0. The molecule has 1 aliphatic carbocycles. The van der Waals surface area contributed by atoms with E-state index >= 15 is 0 Å². The van der Waals surface area contributed by atoms with Crippen LogP contribution in [0, 0.1) is 16.7 Å². The number of fused-ring (bicyclic) bond motifs is 1. The van der Waals surface area contributed by atoms with Gasteiger partial charge in [0.25, 0.3) is 11.8 Å². The van der Waals surface area contributed by atoms with Crippen LogP contribution in [0.2, 0.25) is 0 Å². The van der Waals surface area contributed by atoms with Gasteiger partial charge in [0.1, 0.15) is 5.82 Å². The second kappa shape index (κ2) is 8.20. The summed E-state index contributed by atoms with van der Waals surface area (Å²) in [6.45, 7) is 1.05.